The third kappa shape index (κ3) is 6.93. The Morgan fingerprint density at radius 3 is 2.62 bits per heavy atom. The molecule has 0 aromatic heterocycles. The molecule has 0 bridgehead atoms. The van der Waals surface area contributed by atoms with Crippen molar-refractivity contribution in [2.45, 2.75) is 50.0 Å². The molecule has 0 aliphatic carbocycles. The van der Waals surface area contributed by atoms with Crippen LogP contribution < -0.4 is 0 Å². The van der Waals surface area contributed by atoms with Gasteiger partial charge in [0.2, 0.25) is 0 Å². The smallest absolute Gasteiger partial charge is 0.396 e. The lowest BCUT2D eigenvalue weighted by molar-refractivity contribution is -0.165. The van der Waals surface area contributed by atoms with Crippen LogP contribution in [-0.4, -0.2) is 16.9 Å². The summed E-state index contributed by atoms with van der Waals surface area (Å²) in [5, 5.41) is 0. The highest BCUT2D eigenvalue weighted by atomic mass is 79.9. The Morgan fingerprint density at radius 1 is 1.56 bits per heavy atom. The average Bonchev–Trinajstić information content (AvgIpc) is 2.16. The molecular weight excluding hydrogens is 282 g/mol. The Bertz CT molecular complexity index is 227. The number of hydrogen-bond donors (Lipinski definition) is 0. The van der Waals surface area contributed by atoms with Crippen LogP contribution in [0.3, 0.4) is 0 Å². The van der Waals surface area contributed by atoms with Crippen LogP contribution in [0.15, 0.2) is 12.7 Å². The highest BCUT2D eigenvalue weighted by Gasteiger charge is 2.38. The predicted molar refractivity (Wildman–Crippen MR) is 62.7 cm³/mol. The molecule has 0 radical (unpaired) electrons. The van der Waals surface area contributed by atoms with Crippen molar-refractivity contribution in [3.05, 3.63) is 12.7 Å². The number of alkyl halides is 3. The molecular formula is C11H17BrF2O2. The van der Waals surface area contributed by atoms with Crippen LogP contribution >= 0.6 is 15.9 Å². The molecule has 2 nitrogen and oxygen atoms in total. The van der Waals surface area contributed by atoms with Gasteiger partial charge in [-0.15, -0.1) is 6.58 Å². The van der Waals surface area contributed by atoms with Crippen LogP contribution in [0.1, 0.15) is 39.0 Å². The highest BCUT2D eigenvalue weighted by Crippen LogP contribution is 2.25. The minimum Gasteiger partial charge on any atom is -0.457 e. The molecule has 0 amide bonds. The van der Waals surface area contributed by atoms with E-state index in [4.69, 9.17) is 4.74 Å². The van der Waals surface area contributed by atoms with Gasteiger partial charge in [-0.05, 0) is 12.8 Å². The first-order chi connectivity index (χ1) is 7.41. The van der Waals surface area contributed by atoms with Crippen LogP contribution in [-0.2, 0) is 9.53 Å². The molecule has 1 unspecified atom stereocenters. The third-order valence-corrected chi connectivity index (χ3v) is 2.39. The van der Waals surface area contributed by atoms with E-state index in [2.05, 4.69) is 6.58 Å². The van der Waals surface area contributed by atoms with E-state index in [9.17, 15) is 13.6 Å². The SMILES string of the molecule is C=CCC(CCCCC)OC(=O)C(F)(F)Br. The predicted octanol–water partition coefficient (Wildman–Crippen LogP) is 4.04. The van der Waals surface area contributed by atoms with E-state index in [0.29, 0.717) is 12.8 Å². The van der Waals surface area contributed by atoms with Crippen LogP contribution in [0.5, 0.6) is 0 Å². The number of rotatable bonds is 8. The summed E-state index contributed by atoms with van der Waals surface area (Å²) in [6.45, 7) is 5.55. The quantitative estimate of drug-likeness (QED) is 0.292. The van der Waals surface area contributed by atoms with Gasteiger partial charge in [0, 0.05) is 22.4 Å². The van der Waals surface area contributed by atoms with E-state index >= 15 is 0 Å². The molecule has 0 aliphatic heterocycles. The van der Waals surface area contributed by atoms with Crippen molar-refractivity contribution >= 4 is 21.9 Å². The first-order valence-electron chi connectivity index (χ1n) is 5.30. The van der Waals surface area contributed by atoms with Gasteiger partial charge in [-0.1, -0.05) is 25.8 Å². The molecule has 0 fully saturated rings. The summed E-state index contributed by atoms with van der Waals surface area (Å²) < 4.78 is 29.7. The van der Waals surface area contributed by atoms with Gasteiger partial charge in [0.25, 0.3) is 0 Å². The molecule has 0 aromatic carbocycles. The number of unbranched alkanes of at least 4 members (excludes halogenated alkanes) is 2. The van der Waals surface area contributed by atoms with Crippen molar-refractivity contribution in [1.82, 2.24) is 0 Å². The molecule has 16 heavy (non-hydrogen) atoms. The second-order valence-electron chi connectivity index (χ2n) is 3.55. The first kappa shape index (κ1) is 15.6. The lowest BCUT2D eigenvalue weighted by atomic mass is 10.1. The number of hydrogen-bond acceptors (Lipinski definition) is 2. The number of carbonyl (C=O) groups excluding carboxylic acids is 1. The number of ether oxygens (including phenoxy) is 1. The fourth-order valence-corrected chi connectivity index (χ4v) is 1.34. The van der Waals surface area contributed by atoms with Crippen LogP contribution in [0.2, 0.25) is 0 Å². The molecule has 0 heterocycles. The van der Waals surface area contributed by atoms with Gasteiger partial charge in [0.15, 0.2) is 0 Å². The van der Waals surface area contributed by atoms with Gasteiger partial charge in [-0.3, -0.25) is 0 Å². The Kier molecular flexibility index (Phi) is 7.55. The summed E-state index contributed by atoms with van der Waals surface area (Å²) >= 11 is 1.97. The standard InChI is InChI=1S/C11H17BrF2O2/c1-3-5-6-8-9(7-4-2)16-10(15)11(12,13)14/h4,9H,2-3,5-8H2,1H3. The van der Waals surface area contributed by atoms with Gasteiger partial charge >= 0.3 is 10.8 Å². The third-order valence-electron chi connectivity index (χ3n) is 2.06. The maximum absolute atomic E-state index is 12.5. The monoisotopic (exact) mass is 298 g/mol. The largest absolute Gasteiger partial charge is 0.457 e. The topological polar surface area (TPSA) is 26.3 Å². The molecule has 0 aliphatic rings. The van der Waals surface area contributed by atoms with Crippen molar-refractivity contribution in [3.63, 3.8) is 0 Å². The molecule has 0 N–H and O–H groups in total. The van der Waals surface area contributed by atoms with Gasteiger partial charge in [0.1, 0.15) is 6.10 Å². The lowest BCUT2D eigenvalue weighted by Gasteiger charge is -2.17. The first-order valence-corrected chi connectivity index (χ1v) is 6.09. The number of carbonyl (C=O) groups is 1. The Labute approximate surface area is 103 Å². The zero-order chi connectivity index (χ0) is 12.6. The van der Waals surface area contributed by atoms with Gasteiger partial charge < -0.3 is 4.74 Å². The lowest BCUT2D eigenvalue weighted by Crippen LogP contribution is -2.28. The van der Waals surface area contributed by atoms with E-state index < -0.39 is 16.9 Å². The summed E-state index contributed by atoms with van der Waals surface area (Å²) in [5.41, 5.74) is 0. The van der Waals surface area contributed by atoms with Crippen LogP contribution in [0.25, 0.3) is 0 Å². The molecule has 94 valence electrons. The summed E-state index contributed by atoms with van der Waals surface area (Å²) in [5.74, 6) is -1.53. The summed E-state index contributed by atoms with van der Waals surface area (Å²) in [6, 6.07) is 0. The number of esters is 1. The molecule has 0 saturated carbocycles. The Balaban J connectivity index is 4.11. The van der Waals surface area contributed by atoms with E-state index in [1.165, 1.54) is 0 Å². The molecule has 0 saturated heterocycles. The number of halogens is 3. The molecule has 0 rings (SSSR count). The fraction of sp³-hybridized carbons (Fsp3) is 0.727. The zero-order valence-corrected chi connectivity index (χ0v) is 10.9. The van der Waals surface area contributed by atoms with Crippen LogP contribution in [0.4, 0.5) is 8.78 Å². The van der Waals surface area contributed by atoms with Crippen molar-refractivity contribution in [1.29, 1.82) is 0 Å². The van der Waals surface area contributed by atoms with Crippen molar-refractivity contribution < 1.29 is 18.3 Å². The molecule has 5 heteroatoms. The highest BCUT2D eigenvalue weighted by molar-refractivity contribution is 9.10. The van der Waals surface area contributed by atoms with Gasteiger partial charge in [-0.2, -0.15) is 8.78 Å². The van der Waals surface area contributed by atoms with E-state index in [0.717, 1.165) is 19.3 Å². The average molecular weight is 299 g/mol. The fourth-order valence-electron chi connectivity index (χ4n) is 1.25. The van der Waals surface area contributed by atoms with Crippen molar-refractivity contribution in [2.75, 3.05) is 0 Å². The van der Waals surface area contributed by atoms with E-state index in [1.54, 1.807) is 6.08 Å². The van der Waals surface area contributed by atoms with Gasteiger partial charge in [-0.25, -0.2) is 4.79 Å². The summed E-state index contributed by atoms with van der Waals surface area (Å²) in [6.07, 6.45) is 4.94. The van der Waals surface area contributed by atoms with E-state index in [1.807, 2.05) is 22.9 Å². The minimum absolute atomic E-state index is 0.401. The van der Waals surface area contributed by atoms with Crippen molar-refractivity contribution in [2.24, 2.45) is 0 Å². The second kappa shape index (κ2) is 7.76. The molecule has 1 atom stereocenters. The molecule has 0 aromatic rings. The van der Waals surface area contributed by atoms with Gasteiger partial charge in [0.05, 0.1) is 0 Å². The maximum Gasteiger partial charge on any atom is 0.396 e. The van der Waals surface area contributed by atoms with Crippen molar-refractivity contribution in [3.8, 4) is 0 Å². The Morgan fingerprint density at radius 2 is 2.19 bits per heavy atom. The normalized spacial score (nSPS) is 13.2. The maximum atomic E-state index is 12.5. The van der Waals surface area contributed by atoms with E-state index in [-0.39, 0.29) is 0 Å². The minimum atomic E-state index is -3.60. The summed E-state index contributed by atoms with van der Waals surface area (Å²) in [4.78, 5) is 7.33. The second-order valence-corrected chi connectivity index (χ2v) is 4.54. The summed E-state index contributed by atoms with van der Waals surface area (Å²) in [7, 11) is 0. The van der Waals surface area contributed by atoms with Crippen LogP contribution in [0, 0.1) is 0 Å². The zero-order valence-electron chi connectivity index (χ0n) is 9.35. The molecule has 0 spiro atoms. The Hall–Kier alpha value is -0.450.